The van der Waals surface area contributed by atoms with Crippen LogP contribution in [0.15, 0.2) is 53.9 Å². The molecule has 0 radical (unpaired) electrons. The maximum atomic E-state index is 9.97. The molecule has 1 aromatic carbocycles. The Kier molecular flexibility index (Phi) is 4.37. The van der Waals surface area contributed by atoms with Gasteiger partial charge in [-0.2, -0.15) is 4.98 Å². The van der Waals surface area contributed by atoms with E-state index < -0.39 is 0 Å². The number of nitrogens with zero attached hydrogens (tertiary/aromatic N) is 5. The van der Waals surface area contributed by atoms with Crippen LogP contribution in [0.2, 0.25) is 5.02 Å². The Hall–Kier alpha value is -3.45. The Morgan fingerprint density at radius 1 is 1.14 bits per heavy atom. The summed E-state index contributed by atoms with van der Waals surface area (Å²) in [6, 6.07) is 9.27. The van der Waals surface area contributed by atoms with Gasteiger partial charge >= 0.3 is 0 Å². The first-order valence-corrected chi connectivity index (χ1v) is 9.64. The lowest BCUT2D eigenvalue weighted by molar-refractivity contribution is 0.477. The van der Waals surface area contributed by atoms with Crippen LogP contribution in [0.1, 0.15) is 17.5 Å². The van der Waals surface area contributed by atoms with Crippen LogP contribution in [0.3, 0.4) is 0 Å². The molecule has 0 saturated heterocycles. The second-order valence-electron chi connectivity index (χ2n) is 6.74. The third kappa shape index (κ3) is 3.19. The van der Waals surface area contributed by atoms with Crippen molar-refractivity contribution in [2.75, 3.05) is 23.3 Å². The molecule has 0 fully saturated rings. The summed E-state index contributed by atoms with van der Waals surface area (Å²) in [7, 11) is 0. The van der Waals surface area contributed by atoms with Gasteiger partial charge in [-0.15, -0.1) is 0 Å². The Labute approximate surface area is 172 Å². The lowest BCUT2D eigenvalue weighted by atomic mass is 9.97. The Morgan fingerprint density at radius 3 is 2.90 bits per heavy atom. The van der Waals surface area contributed by atoms with E-state index in [1.54, 1.807) is 6.20 Å². The SMILES string of the molecule is Oc1ccncc1Nc1ncc2c(n1)N1CCCN=C1C(c1ccccc1Cl)=C2. The molecule has 8 heteroatoms. The number of pyridine rings is 1. The van der Waals surface area contributed by atoms with E-state index >= 15 is 0 Å². The molecular formula is C21H17ClN6O. The van der Waals surface area contributed by atoms with Crippen molar-refractivity contribution in [1.29, 1.82) is 0 Å². The number of aliphatic imine (C=N–C) groups is 1. The van der Waals surface area contributed by atoms with Crippen LogP contribution >= 0.6 is 11.6 Å². The molecule has 29 heavy (non-hydrogen) atoms. The van der Waals surface area contributed by atoms with Gasteiger partial charge in [0.25, 0.3) is 0 Å². The van der Waals surface area contributed by atoms with Crippen molar-refractivity contribution in [3.05, 3.63) is 65.1 Å². The summed E-state index contributed by atoms with van der Waals surface area (Å²) in [5, 5.41) is 13.7. The van der Waals surface area contributed by atoms with Crippen LogP contribution in [0, 0.1) is 0 Å². The number of hydrogen-bond donors (Lipinski definition) is 2. The van der Waals surface area contributed by atoms with E-state index in [2.05, 4.69) is 20.2 Å². The van der Waals surface area contributed by atoms with E-state index in [0.717, 1.165) is 47.9 Å². The van der Waals surface area contributed by atoms with Crippen molar-refractivity contribution >= 4 is 46.5 Å². The van der Waals surface area contributed by atoms with Crippen LogP contribution < -0.4 is 10.2 Å². The fourth-order valence-corrected chi connectivity index (χ4v) is 3.74. The third-order valence-corrected chi connectivity index (χ3v) is 5.19. The van der Waals surface area contributed by atoms with Crippen molar-refractivity contribution in [2.24, 2.45) is 4.99 Å². The first-order valence-electron chi connectivity index (χ1n) is 9.27. The Balaban J connectivity index is 1.59. The number of rotatable bonds is 3. The molecule has 0 unspecified atom stereocenters. The summed E-state index contributed by atoms with van der Waals surface area (Å²) < 4.78 is 0. The number of fused-ring (bicyclic) bond motifs is 3. The maximum absolute atomic E-state index is 9.97. The summed E-state index contributed by atoms with van der Waals surface area (Å²) in [5.41, 5.74) is 3.25. The highest BCUT2D eigenvalue weighted by molar-refractivity contribution is 6.40. The first-order chi connectivity index (χ1) is 14.2. The van der Waals surface area contributed by atoms with Crippen LogP contribution in [0.5, 0.6) is 5.75 Å². The molecule has 144 valence electrons. The summed E-state index contributed by atoms with van der Waals surface area (Å²) in [6.07, 6.45) is 7.78. The Morgan fingerprint density at radius 2 is 2.03 bits per heavy atom. The van der Waals surface area contributed by atoms with Gasteiger partial charge in [0.15, 0.2) is 0 Å². The van der Waals surface area contributed by atoms with Gasteiger partial charge in [-0.25, -0.2) is 4.98 Å². The number of nitrogens with one attached hydrogen (secondary N) is 1. The quantitative estimate of drug-likeness (QED) is 0.682. The second kappa shape index (κ2) is 7.18. The number of anilines is 3. The number of aromatic hydroxyl groups is 1. The smallest absolute Gasteiger partial charge is 0.229 e. The molecule has 2 aliphatic heterocycles. The van der Waals surface area contributed by atoms with E-state index in [9.17, 15) is 5.11 Å². The molecule has 4 heterocycles. The van der Waals surface area contributed by atoms with E-state index in [4.69, 9.17) is 21.6 Å². The predicted molar refractivity (Wildman–Crippen MR) is 115 cm³/mol. The number of benzene rings is 1. The molecule has 5 rings (SSSR count). The minimum atomic E-state index is 0.0856. The van der Waals surface area contributed by atoms with Crippen molar-refractivity contribution < 1.29 is 5.11 Å². The maximum Gasteiger partial charge on any atom is 0.229 e. The average molecular weight is 405 g/mol. The molecule has 2 aliphatic rings. The first kappa shape index (κ1) is 17.6. The number of aromatic nitrogens is 3. The van der Waals surface area contributed by atoms with Gasteiger partial charge in [0.05, 0.1) is 6.20 Å². The van der Waals surface area contributed by atoms with E-state index in [-0.39, 0.29) is 5.75 Å². The highest BCUT2D eigenvalue weighted by atomic mass is 35.5. The molecule has 0 saturated carbocycles. The molecule has 0 aliphatic carbocycles. The van der Waals surface area contributed by atoms with Crippen LogP contribution in [0.25, 0.3) is 11.6 Å². The van der Waals surface area contributed by atoms with Crippen molar-refractivity contribution in [1.82, 2.24) is 15.0 Å². The van der Waals surface area contributed by atoms with E-state index in [0.29, 0.717) is 16.7 Å². The fourth-order valence-electron chi connectivity index (χ4n) is 3.50. The molecule has 0 spiro atoms. The zero-order valence-corrected chi connectivity index (χ0v) is 16.1. The molecule has 3 aromatic rings. The molecule has 2 N–H and O–H groups in total. The highest BCUT2D eigenvalue weighted by Crippen LogP contribution is 2.37. The second-order valence-corrected chi connectivity index (χ2v) is 7.15. The minimum absolute atomic E-state index is 0.0856. The summed E-state index contributed by atoms with van der Waals surface area (Å²) in [5.74, 6) is 2.11. The summed E-state index contributed by atoms with van der Waals surface area (Å²) in [6.45, 7) is 1.57. The van der Waals surface area contributed by atoms with Crippen LogP contribution in [0.4, 0.5) is 17.5 Å². The van der Waals surface area contributed by atoms with Crippen molar-refractivity contribution in [2.45, 2.75) is 6.42 Å². The zero-order valence-electron chi connectivity index (χ0n) is 15.4. The van der Waals surface area contributed by atoms with Crippen LogP contribution in [-0.4, -0.2) is 39.0 Å². The number of amidine groups is 1. The molecule has 0 bridgehead atoms. The molecule has 0 amide bonds. The lowest BCUT2D eigenvalue weighted by Crippen LogP contribution is -2.39. The predicted octanol–water partition coefficient (Wildman–Crippen LogP) is 4.14. The molecule has 2 aromatic heterocycles. The number of halogens is 1. The summed E-state index contributed by atoms with van der Waals surface area (Å²) >= 11 is 6.46. The van der Waals surface area contributed by atoms with Gasteiger partial charge < -0.3 is 15.3 Å². The van der Waals surface area contributed by atoms with E-state index in [1.165, 1.54) is 18.5 Å². The minimum Gasteiger partial charge on any atom is -0.506 e. The van der Waals surface area contributed by atoms with Gasteiger partial charge in [0.1, 0.15) is 23.1 Å². The van der Waals surface area contributed by atoms with E-state index in [1.807, 2.05) is 30.3 Å². The normalized spacial score (nSPS) is 15.1. The standard InChI is InChI=1S/C21H17ClN6O/c22-16-5-2-1-4-14(16)15-10-13-11-25-21(26-17-12-23-8-6-18(17)29)27-19(13)28-9-3-7-24-20(15)28/h1-2,4-6,8,10-12H,3,7,9H2,(H,23,29)(H,25,26,27). The van der Waals surface area contributed by atoms with Gasteiger partial charge in [-0.05, 0) is 18.6 Å². The third-order valence-electron chi connectivity index (χ3n) is 4.86. The largest absolute Gasteiger partial charge is 0.506 e. The average Bonchev–Trinajstić information content (AvgIpc) is 2.75. The topological polar surface area (TPSA) is 86.5 Å². The zero-order chi connectivity index (χ0) is 19.8. The lowest BCUT2D eigenvalue weighted by Gasteiger charge is -2.34. The number of hydrogen-bond acceptors (Lipinski definition) is 7. The van der Waals surface area contributed by atoms with Crippen LogP contribution in [-0.2, 0) is 0 Å². The molecule has 0 atom stereocenters. The monoisotopic (exact) mass is 404 g/mol. The van der Waals surface area contributed by atoms with Gasteiger partial charge in [-0.1, -0.05) is 29.8 Å². The molecule has 7 nitrogen and oxygen atoms in total. The van der Waals surface area contributed by atoms with Gasteiger partial charge in [-0.3, -0.25) is 9.98 Å². The molecular weight excluding hydrogens is 388 g/mol. The Bertz CT molecular complexity index is 1160. The fraction of sp³-hybridized carbons (Fsp3) is 0.143. The highest BCUT2D eigenvalue weighted by Gasteiger charge is 2.30. The van der Waals surface area contributed by atoms with Crippen molar-refractivity contribution in [3.8, 4) is 5.75 Å². The van der Waals surface area contributed by atoms with Crippen molar-refractivity contribution in [3.63, 3.8) is 0 Å². The van der Waals surface area contributed by atoms with Gasteiger partial charge in [0, 0.05) is 53.3 Å². The summed E-state index contributed by atoms with van der Waals surface area (Å²) in [4.78, 5) is 20.0. The van der Waals surface area contributed by atoms with Gasteiger partial charge in [0.2, 0.25) is 5.95 Å².